The average molecular weight is 257 g/mol. The highest BCUT2D eigenvalue weighted by molar-refractivity contribution is 7.92. The third-order valence-corrected chi connectivity index (χ3v) is 4.22. The Morgan fingerprint density at radius 2 is 1.76 bits per heavy atom. The zero-order chi connectivity index (χ0) is 13.6. The van der Waals surface area contributed by atoms with E-state index in [1.54, 1.807) is 13.8 Å². The molecule has 0 atom stereocenters. The van der Waals surface area contributed by atoms with Gasteiger partial charge in [0.25, 0.3) is 0 Å². The molecule has 1 amide bonds. The number of primary amides is 1. The lowest BCUT2D eigenvalue weighted by Crippen LogP contribution is -2.16. The Kier molecular flexibility index (Phi) is 5.88. The summed E-state index contributed by atoms with van der Waals surface area (Å²) in [6.07, 6.45) is 0. The number of sulfone groups is 1. The summed E-state index contributed by atoms with van der Waals surface area (Å²) >= 11 is 0. The summed E-state index contributed by atoms with van der Waals surface area (Å²) in [6.45, 7) is 7.18. The fourth-order valence-electron chi connectivity index (χ4n) is 1.10. The van der Waals surface area contributed by atoms with Crippen molar-refractivity contribution in [2.75, 3.05) is 0 Å². The molecule has 96 valence electrons. The van der Waals surface area contributed by atoms with Gasteiger partial charge in [0.05, 0.1) is 10.1 Å². The predicted octanol–water partition coefficient (Wildman–Crippen LogP) is 1.99. The lowest BCUT2D eigenvalue weighted by molar-refractivity contribution is 0.1000. The van der Waals surface area contributed by atoms with Crippen molar-refractivity contribution >= 4 is 15.7 Å². The van der Waals surface area contributed by atoms with Gasteiger partial charge in [0.1, 0.15) is 0 Å². The summed E-state index contributed by atoms with van der Waals surface area (Å²) in [5, 5.41) is -0.513. The summed E-state index contributed by atoms with van der Waals surface area (Å²) in [7, 11) is -3.34. The van der Waals surface area contributed by atoms with Crippen LogP contribution in [0.2, 0.25) is 0 Å². The molecule has 0 spiro atoms. The number of nitrogens with two attached hydrogens (primary N) is 1. The van der Waals surface area contributed by atoms with Crippen molar-refractivity contribution < 1.29 is 13.2 Å². The van der Waals surface area contributed by atoms with Crippen LogP contribution in [-0.4, -0.2) is 19.6 Å². The minimum atomic E-state index is -3.34. The van der Waals surface area contributed by atoms with E-state index in [9.17, 15) is 13.2 Å². The van der Waals surface area contributed by atoms with E-state index in [1.165, 1.54) is 24.3 Å². The molecule has 2 N–H and O–H groups in total. The van der Waals surface area contributed by atoms with E-state index in [0.717, 1.165) is 0 Å². The largest absolute Gasteiger partial charge is 0.366 e. The highest BCUT2D eigenvalue weighted by atomic mass is 32.2. The summed E-state index contributed by atoms with van der Waals surface area (Å²) in [5.41, 5.74) is 5.27. The first-order chi connectivity index (χ1) is 7.85. The van der Waals surface area contributed by atoms with Gasteiger partial charge < -0.3 is 5.73 Å². The van der Waals surface area contributed by atoms with E-state index in [-0.39, 0.29) is 10.5 Å². The highest BCUT2D eigenvalue weighted by Gasteiger charge is 2.19. The normalized spacial score (nSPS) is 10.6. The molecule has 17 heavy (non-hydrogen) atoms. The van der Waals surface area contributed by atoms with E-state index in [4.69, 9.17) is 5.73 Å². The van der Waals surface area contributed by atoms with Crippen molar-refractivity contribution in [3.8, 4) is 0 Å². The molecule has 0 radical (unpaired) electrons. The zero-order valence-electron chi connectivity index (χ0n) is 10.6. The fourth-order valence-corrected chi connectivity index (χ4v) is 2.20. The Bertz CT molecular complexity index is 478. The summed E-state index contributed by atoms with van der Waals surface area (Å²) in [4.78, 5) is 11.0. The average Bonchev–Trinajstić information content (AvgIpc) is 2.31. The van der Waals surface area contributed by atoms with Gasteiger partial charge in [0.2, 0.25) is 5.91 Å². The van der Waals surface area contributed by atoms with Crippen LogP contribution >= 0.6 is 0 Å². The van der Waals surface area contributed by atoms with Crippen LogP contribution in [0.5, 0.6) is 0 Å². The van der Waals surface area contributed by atoms with Crippen LogP contribution in [-0.2, 0) is 9.84 Å². The van der Waals surface area contributed by atoms with Gasteiger partial charge in [-0.05, 0) is 32.0 Å². The molecular formula is C12H19NO3S. The molecule has 0 aromatic heterocycles. The molecule has 1 aromatic carbocycles. The zero-order valence-corrected chi connectivity index (χ0v) is 11.4. The van der Waals surface area contributed by atoms with Crippen LogP contribution < -0.4 is 5.73 Å². The molecule has 0 aliphatic heterocycles. The molecule has 0 saturated heterocycles. The number of amides is 1. The molecule has 4 nitrogen and oxygen atoms in total. The van der Waals surface area contributed by atoms with E-state index in [2.05, 4.69) is 0 Å². The van der Waals surface area contributed by atoms with Crippen molar-refractivity contribution in [3.05, 3.63) is 29.8 Å². The smallest absolute Gasteiger partial charge is 0.248 e. The molecule has 0 fully saturated rings. The van der Waals surface area contributed by atoms with Crippen LogP contribution in [0.15, 0.2) is 29.2 Å². The van der Waals surface area contributed by atoms with Gasteiger partial charge >= 0.3 is 0 Å². The van der Waals surface area contributed by atoms with Crippen LogP contribution in [0.4, 0.5) is 0 Å². The topological polar surface area (TPSA) is 77.2 Å². The maximum absolute atomic E-state index is 11.8. The van der Waals surface area contributed by atoms with Gasteiger partial charge in [-0.3, -0.25) is 4.79 Å². The van der Waals surface area contributed by atoms with Crippen molar-refractivity contribution in [3.63, 3.8) is 0 Å². The van der Waals surface area contributed by atoms with Gasteiger partial charge in [-0.2, -0.15) is 0 Å². The molecule has 0 bridgehead atoms. The minimum absolute atomic E-state index is 0.133. The van der Waals surface area contributed by atoms with Gasteiger partial charge in [-0.25, -0.2) is 8.42 Å². The lowest BCUT2D eigenvalue weighted by Gasteiger charge is -2.08. The summed E-state index contributed by atoms with van der Waals surface area (Å²) < 4.78 is 23.5. The molecule has 0 aliphatic rings. The Morgan fingerprint density at radius 3 is 2.18 bits per heavy atom. The number of hydrogen-bond donors (Lipinski definition) is 1. The Labute approximate surface area is 103 Å². The van der Waals surface area contributed by atoms with Crippen LogP contribution in [0.25, 0.3) is 0 Å². The van der Waals surface area contributed by atoms with Crippen LogP contribution in [0.3, 0.4) is 0 Å². The van der Waals surface area contributed by atoms with Crippen LogP contribution in [0.1, 0.15) is 38.1 Å². The maximum atomic E-state index is 11.8. The Morgan fingerprint density at radius 1 is 1.24 bits per heavy atom. The molecule has 1 aromatic rings. The standard InChI is InChI=1S/C10H13NO3S.C2H6/c1-7(2)15(13,14)9-5-3-4-8(6-9)10(11)12;1-2/h3-7H,1-2H3,(H2,11,12);1-2H3. The van der Waals surface area contributed by atoms with E-state index in [0.29, 0.717) is 0 Å². The Hall–Kier alpha value is -1.36. The quantitative estimate of drug-likeness (QED) is 0.899. The number of carbonyl (C=O) groups excluding carboxylic acids is 1. The molecule has 0 saturated carbocycles. The molecule has 0 unspecified atom stereocenters. The number of rotatable bonds is 3. The fraction of sp³-hybridized carbons (Fsp3) is 0.417. The maximum Gasteiger partial charge on any atom is 0.248 e. The van der Waals surface area contributed by atoms with Gasteiger partial charge in [-0.15, -0.1) is 0 Å². The van der Waals surface area contributed by atoms with Crippen molar-refractivity contribution in [1.29, 1.82) is 0 Å². The summed E-state index contributed by atoms with van der Waals surface area (Å²) in [6, 6.07) is 5.76. The second-order valence-corrected chi connectivity index (χ2v) is 5.99. The molecule has 0 heterocycles. The van der Waals surface area contributed by atoms with E-state index in [1.807, 2.05) is 13.8 Å². The first-order valence-electron chi connectivity index (χ1n) is 5.49. The number of benzene rings is 1. The molecular weight excluding hydrogens is 238 g/mol. The lowest BCUT2D eigenvalue weighted by atomic mass is 10.2. The number of hydrogen-bond acceptors (Lipinski definition) is 3. The summed E-state index contributed by atoms with van der Waals surface area (Å²) in [5.74, 6) is -0.629. The third kappa shape index (κ3) is 3.85. The van der Waals surface area contributed by atoms with Crippen molar-refractivity contribution in [1.82, 2.24) is 0 Å². The Balaban J connectivity index is 0.00000121. The van der Waals surface area contributed by atoms with E-state index < -0.39 is 21.0 Å². The molecule has 5 heteroatoms. The SMILES string of the molecule is CC.CC(C)S(=O)(=O)c1cccc(C(N)=O)c1. The first kappa shape index (κ1) is 15.6. The second kappa shape index (κ2) is 6.39. The van der Waals surface area contributed by atoms with Crippen molar-refractivity contribution in [2.45, 2.75) is 37.8 Å². The number of carbonyl (C=O) groups is 1. The minimum Gasteiger partial charge on any atom is -0.366 e. The third-order valence-electron chi connectivity index (χ3n) is 2.07. The second-order valence-electron chi connectivity index (χ2n) is 3.49. The van der Waals surface area contributed by atoms with Crippen LogP contribution in [0, 0.1) is 0 Å². The molecule has 1 rings (SSSR count). The van der Waals surface area contributed by atoms with Gasteiger partial charge in [0.15, 0.2) is 9.84 Å². The predicted molar refractivity (Wildman–Crippen MR) is 68.6 cm³/mol. The van der Waals surface area contributed by atoms with E-state index >= 15 is 0 Å². The van der Waals surface area contributed by atoms with Gasteiger partial charge in [-0.1, -0.05) is 19.9 Å². The van der Waals surface area contributed by atoms with Gasteiger partial charge in [0, 0.05) is 5.56 Å². The molecule has 0 aliphatic carbocycles. The monoisotopic (exact) mass is 257 g/mol. The first-order valence-corrected chi connectivity index (χ1v) is 7.04. The highest BCUT2D eigenvalue weighted by Crippen LogP contribution is 2.16. The van der Waals surface area contributed by atoms with Crippen molar-refractivity contribution in [2.24, 2.45) is 5.73 Å².